The zero-order chi connectivity index (χ0) is 17.1. The molecule has 128 valence electrons. The van der Waals surface area contributed by atoms with Gasteiger partial charge in [-0.3, -0.25) is 4.98 Å². The molecule has 5 heteroatoms. The highest BCUT2D eigenvalue weighted by atomic mass is 16.2. The average Bonchev–Trinajstić information content (AvgIpc) is 2.61. The van der Waals surface area contributed by atoms with Crippen LogP contribution in [-0.2, 0) is 0 Å². The summed E-state index contributed by atoms with van der Waals surface area (Å²) in [7, 11) is 4.12. The van der Waals surface area contributed by atoms with Gasteiger partial charge >= 0.3 is 6.03 Å². The minimum absolute atomic E-state index is 0.0173. The maximum Gasteiger partial charge on any atom is 0.321 e. The smallest absolute Gasteiger partial charge is 0.321 e. The van der Waals surface area contributed by atoms with Crippen LogP contribution < -0.4 is 5.32 Å². The molecule has 2 heterocycles. The number of likely N-dealkylation sites (tertiary alicyclic amines) is 1. The number of urea groups is 1. The Morgan fingerprint density at radius 2 is 2.00 bits per heavy atom. The van der Waals surface area contributed by atoms with E-state index in [4.69, 9.17) is 0 Å². The second kappa shape index (κ2) is 7.18. The minimum Gasteiger partial charge on any atom is -0.325 e. The van der Waals surface area contributed by atoms with Crippen LogP contribution in [0.5, 0.6) is 0 Å². The monoisotopic (exact) mass is 326 g/mol. The second-order valence-corrected chi connectivity index (χ2v) is 6.76. The predicted octanol–water partition coefficient (Wildman–Crippen LogP) is 3.88. The maximum atomic E-state index is 12.6. The van der Waals surface area contributed by atoms with Crippen LogP contribution in [-0.4, -0.2) is 48.0 Å². The van der Waals surface area contributed by atoms with Crippen LogP contribution >= 0.6 is 0 Å². The molecule has 1 aliphatic rings. The van der Waals surface area contributed by atoms with Gasteiger partial charge in [0.05, 0.1) is 11.2 Å². The van der Waals surface area contributed by atoms with Crippen molar-refractivity contribution >= 4 is 22.6 Å². The summed E-state index contributed by atoms with van der Waals surface area (Å²) in [6.45, 7) is 3.84. The Morgan fingerprint density at radius 1 is 1.25 bits per heavy atom. The van der Waals surface area contributed by atoms with Crippen molar-refractivity contribution in [2.75, 3.05) is 32.5 Å². The van der Waals surface area contributed by atoms with Crippen LogP contribution in [0.1, 0.15) is 37.8 Å². The number of carbonyl (C=O) groups excluding carboxylic acids is 1. The van der Waals surface area contributed by atoms with Crippen LogP contribution in [0.15, 0.2) is 30.5 Å². The lowest BCUT2D eigenvalue weighted by molar-refractivity contribution is 0.200. The third-order valence-electron chi connectivity index (χ3n) is 4.87. The van der Waals surface area contributed by atoms with Crippen LogP contribution in [0.3, 0.4) is 0 Å². The Morgan fingerprint density at radius 3 is 2.71 bits per heavy atom. The molecule has 2 aromatic rings. The summed E-state index contributed by atoms with van der Waals surface area (Å²) in [5, 5.41) is 4.15. The van der Waals surface area contributed by atoms with Gasteiger partial charge in [0.2, 0.25) is 0 Å². The fraction of sp³-hybridized carbons (Fsp3) is 0.474. The van der Waals surface area contributed by atoms with Crippen LogP contribution in [0.2, 0.25) is 0 Å². The third-order valence-corrected chi connectivity index (χ3v) is 4.87. The molecule has 1 aromatic carbocycles. The van der Waals surface area contributed by atoms with Crippen molar-refractivity contribution in [1.82, 2.24) is 14.8 Å². The highest BCUT2D eigenvalue weighted by Gasteiger charge is 2.19. The number of carbonyl (C=O) groups is 1. The van der Waals surface area contributed by atoms with Gasteiger partial charge in [-0.2, -0.15) is 0 Å². The summed E-state index contributed by atoms with van der Waals surface area (Å²) < 4.78 is 0. The second-order valence-electron chi connectivity index (χ2n) is 6.76. The van der Waals surface area contributed by atoms with Gasteiger partial charge in [0, 0.05) is 30.7 Å². The van der Waals surface area contributed by atoms with Gasteiger partial charge < -0.3 is 15.1 Å². The van der Waals surface area contributed by atoms with Gasteiger partial charge in [-0.05, 0) is 64.0 Å². The molecule has 1 unspecified atom stereocenters. The van der Waals surface area contributed by atoms with Gasteiger partial charge in [-0.25, -0.2) is 4.79 Å². The molecular weight excluding hydrogens is 300 g/mol. The van der Waals surface area contributed by atoms with Crippen molar-refractivity contribution in [3.8, 4) is 0 Å². The van der Waals surface area contributed by atoms with Crippen molar-refractivity contribution in [3.63, 3.8) is 0 Å². The molecule has 1 saturated heterocycles. The molecule has 0 radical (unpaired) electrons. The number of amides is 2. The predicted molar refractivity (Wildman–Crippen MR) is 98.3 cm³/mol. The summed E-state index contributed by atoms with van der Waals surface area (Å²) in [6, 6.07) is 8.44. The normalized spacial score (nSPS) is 16.4. The van der Waals surface area contributed by atoms with E-state index in [9.17, 15) is 4.79 Å². The minimum atomic E-state index is -0.0173. The van der Waals surface area contributed by atoms with E-state index < -0.39 is 0 Å². The van der Waals surface area contributed by atoms with Crippen molar-refractivity contribution < 1.29 is 4.79 Å². The molecule has 1 fully saturated rings. The highest BCUT2D eigenvalue weighted by molar-refractivity contribution is 6.00. The van der Waals surface area contributed by atoms with E-state index in [-0.39, 0.29) is 12.1 Å². The number of hydrogen-bond donors (Lipinski definition) is 1. The van der Waals surface area contributed by atoms with E-state index in [1.165, 1.54) is 12.0 Å². The first kappa shape index (κ1) is 16.7. The van der Waals surface area contributed by atoms with E-state index in [0.29, 0.717) is 0 Å². The molecular formula is C19H26N4O. The number of benzene rings is 1. The molecule has 1 N–H and O–H groups in total. The van der Waals surface area contributed by atoms with E-state index in [0.717, 1.165) is 42.5 Å². The number of aromatic nitrogens is 1. The molecule has 5 nitrogen and oxygen atoms in total. The number of anilines is 1. The summed E-state index contributed by atoms with van der Waals surface area (Å²) in [5.41, 5.74) is 2.82. The summed E-state index contributed by atoms with van der Waals surface area (Å²) in [4.78, 5) is 21.1. The lowest BCUT2D eigenvalue weighted by Crippen LogP contribution is -2.38. The SMILES string of the molecule is CC(c1cc(NC(=O)N2CCCCC2)c2ncccc2c1)N(C)C. The molecule has 1 aliphatic heterocycles. The van der Waals surface area contributed by atoms with E-state index in [1.807, 2.05) is 17.0 Å². The number of hydrogen-bond acceptors (Lipinski definition) is 3. The van der Waals surface area contributed by atoms with Crippen molar-refractivity contribution in [3.05, 3.63) is 36.0 Å². The van der Waals surface area contributed by atoms with Crippen LogP contribution in [0.25, 0.3) is 10.9 Å². The van der Waals surface area contributed by atoms with E-state index in [1.54, 1.807) is 6.20 Å². The molecule has 0 spiro atoms. The fourth-order valence-corrected chi connectivity index (χ4v) is 3.14. The Bertz CT molecular complexity index is 722. The molecule has 0 aliphatic carbocycles. The number of fused-ring (bicyclic) bond motifs is 1. The van der Waals surface area contributed by atoms with Crippen LogP contribution in [0.4, 0.5) is 10.5 Å². The highest BCUT2D eigenvalue weighted by Crippen LogP contribution is 2.29. The summed E-state index contributed by atoms with van der Waals surface area (Å²) >= 11 is 0. The first-order chi connectivity index (χ1) is 11.6. The summed E-state index contributed by atoms with van der Waals surface area (Å²) in [5.74, 6) is 0. The Balaban J connectivity index is 1.94. The number of nitrogens with one attached hydrogen (secondary N) is 1. The van der Waals surface area contributed by atoms with Gasteiger partial charge in [0.25, 0.3) is 0 Å². The van der Waals surface area contributed by atoms with Crippen LogP contribution in [0, 0.1) is 0 Å². The quantitative estimate of drug-likeness (QED) is 0.931. The van der Waals surface area contributed by atoms with E-state index >= 15 is 0 Å². The Labute approximate surface area is 143 Å². The van der Waals surface area contributed by atoms with Gasteiger partial charge in [0.1, 0.15) is 0 Å². The van der Waals surface area contributed by atoms with Crippen molar-refractivity contribution in [2.45, 2.75) is 32.2 Å². The number of pyridine rings is 1. The molecule has 0 bridgehead atoms. The zero-order valence-corrected chi connectivity index (χ0v) is 14.7. The van der Waals surface area contributed by atoms with Gasteiger partial charge in [0.15, 0.2) is 0 Å². The zero-order valence-electron chi connectivity index (χ0n) is 14.7. The third kappa shape index (κ3) is 3.51. The average molecular weight is 326 g/mol. The molecule has 1 atom stereocenters. The largest absolute Gasteiger partial charge is 0.325 e. The Hall–Kier alpha value is -2.14. The van der Waals surface area contributed by atoms with Gasteiger partial charge in [-0.15, -0.1) is 0 Å². The Kier molecular flexibility index (Phi) is 5.00. The van der Waals surface area contributed by atoms with Gasteiger partial charge in [-0.1, -0.05) is 6.07 Å². The number of piperidine rings is 1. The number of nitrogens with zero attached hydrogens (tertiary/aromatic N) is 3. The lowest BCUT2D eigenvalue weighted by Gasteiger charge is -2.27. The van der Waals surface area contributed by atoms with E-state index in [2.05, 4.69) is 48.4 Å². The molecule has 1 aromatic heterocycles. The number of rotatable bonds is 3. The standard InChI is InChI=1S/C19H26N4O/c1-14(22(2)3)16-12-15-8-7-9-20-18(15)17(13-16)21-19(24)23-10-5-4-6-11-23/h7-9,12-14H,4-6,10-11H2,1-3H3,(H,21,24). The van der Waals surface area contributed by atoms with Crippen molar-refractivity contribution in [1.29, 1.82) is 0 Å². The molecule has 2 amide bonds. The fourth-order valence-electron chi connectivity index (χ4n) is 3.14. The lowest BCUT2D eigenvalue weighted by atomic mass is 10.0. The molecule has 24 heavy (non-hydrogen) atoms. The molecule has 3 rings (SSSR count). The molecule has 0 saturated carbocycles. The first-order valence-corrected chi connectivity index (χ1v) is 8.67. The van der Waals surface area contributed by atoms with Crippen molar-refractivity contribution in [2.24, 2.45) is 0 Å². The first-order valence-electron chi connectivity index (χ1n) is 8.67. The summed E-state index contributed by atoms with van der Waals surface area (Å²) in [6.07, 6.45) is 5.16. The topological polar surface area (TPSA) is 48.5 Å². The maximum absolute atomic E-state index is 12.6.